The Morgan fingerprint density at radius 3 is 2.63 bits per heavy atom. The van der Waals surface area contributed by atoms with Gasteiger partial charge in [0.1, 0.15) is 11.4 Å². The Bertz CT molecular complexity index is 1030. The van der Waals surface area contributed by atoms with Crippen molar-refractivity contribution in [1.82, 2.24) is 9.99 Å². The van der Waals surface area contributed by atoms with Crippen molar-refractivity contribution < 1.29 is 9.90 Å². The van der Waals surface area contributed by atoms with Crippen LogP contribution in [0.4, 0.5) is 0 Å². The second kappa shape index (κ2) is 7.13. The van der Waals surface area contributed by atoms with E-state index in [4.69, 9.17) is 11.6 Å². The van der Waals surface area contributed by atoms with Gasteiger partial charge >= 0.3 is 0 Å². The minimum absolute atomic E-state index is 0.142. The van der Waals surface area contributed by atoms with Gasteiger partial charge < -0.3 is 5.11 Å². The van der Waals surface area contributed by atoms with E-state index in [1.807, 2.05) is 31.2 Å². The van der Waals surface area contributed by atoms with Crippen molar-refractivity contribution >= 4 is 34.6 Å². The second-order valence-electron chi connectivity index (χ2n) is 6.24. The van der Waals surface area contributed by atoms with E-state index in [-0.39, 0.29) is 11.7 Å². The van der Waals surface area contributed by atoms with E-state index < -0.39 is 6.04 Å². The maximum absolute atomic E-state index is 13.1. The number of aromatic hydroxyl groups is 1. The van der Waals surface area contributed by atoms with E-state index >= 15 is 0 Å². The van der Waals surface area contributed by atoms with E-state index in [0.29, 0.717) is 22.7 Å². The summed E-state index contributed by atoms with van der Waals surface area (Å²) < 4.78 is 0. The van der Waals surface area contributed by atoms with Gasteiger partial charge in [-0.25, -0.2) is 9.99 Å². The number of carbonyl (C=O) groups is 1. The molecule has 1 aromatic heterocycles. The lowest BCUT2D eigenvalue weighted by Gasteiger charge is -2.22. The highest BCUT2D eigenvalue weighted by molar-refractivity contribution is 7.09. The number of phenols is 1. The molecule has 0 saturated carbocycles. The summed E-state index contributed by atoms with van der Waals surface area (Å²) in [5.41, 5.74) is 4.36. The van der Waals surface area contributed by atoms with E-state index in [1.54, 1.807) is 29.8 Å². The molecule has 5 nitrogen and oxygen atoms in total. The third-order valence-electron chi connectivity index (χ3n) is 4.54. The number of benzene rings is 2. The van der Waals surface area contributed by atoms with E-state index in [1.165, 1.54) is 16.3 Å². The number of phenolic OH excluding ortho intramolecular Hbond substituents is 1. The number of carbonyl (C=O) groups excluding carboxylic acids is 1. The van der Waals surface area contributed by atoms with Gasteiger partial charge in [0.15, 0.2) is 0 Å². The zero-order valence-corrected chi connectivity index (χ0v) is 16.0. The highest BCUT2D eigenvalue weighted by Gasteiger charge is 2.36. The zero-order chi connectivity index (χ0) is 19.0. The van der Waals surface area contributed by atoms with E-state index in [0.717, 1.165) is 16.2 Å². The first-order valence-electron chi connectivity index (χ1n) is 8.39. The number of thiazole rings is 1. The minimum Gasteiger partial charge on any atom is -0.508 e. The fourth-order valence-corrected chi connectivity index (χ4v) is 3.84. The molecule has 2 aromatic carbocycles. The predicted molar refractivity (Wildman–Crippen MR) is 106 cm³/mol. The standard InChI is InChI=1S/C20H16ClN3O2S/c1-12-19(22-11-27-12)20(26)24-17(15-4-2-3-5-18(15)25)10-16(23-24)13-6-8-14(21)9-7-13/h2-9,11,17,25H,10H2,1H3/t17-/m0/s1. The maximum Gasteiger partial charge on any atom is 0.294 e. The lowest BCUT2D eigenvalue weighted by atomic mass is 9.97. The molecule has 7 heteroatoms. The Morgan fingerprint density at radius 1 is 1.22 bits per heavy atom. The average molecular weight is 398 g/mol. The van der Waals surface area contributed by atoms with Crippen molar-refractivity contribution in [2.24, 2.45) is 5.10 Å². The molecule has 0 saturated heterocycles. The summed E-state index contributed by atoms with van der Waals surface area (Å²) >= 11 is 7.40. The normalized spacial score (nSPS) is 16.4. The second-order valence-corrected chi connectivity index (χ2v) is 7.73. The van der Waals surface area contributed by atoms with E-state index in [2.05, 4.69) is 10.1 Å². The molecule has 2 heterocycles. The Hall–Kier alpha value is -2.70. The molecule has 1 atom stereocenters. The fraction of sp³-hybridized carbons (Fsp3) is 0.150. The number of nitrogens with zero attached hydrogens (tertiary/aromatic N) is 3. The van der Waals surface area contributed by atoms with Crippen molar-refractivity contribution in [3.8, 4) is 5.75 Å². The lowest BCUT2D eigenvalue weighted by Crippen LogP contribution is -2.27. The van der Waals surface area contributed by atoms with Crippen molar-refractivity contribution in [2.75, 3.05) is 0 Å². The first-order valence-corrected chi connectivity index (χ1v) is 9.65. The number of para-hydroxylation sites is 1. The van der Waals surface area contributed by atoms with Crippen LogP contribution in [0, 0.1) is 6.92 Å². The molecule has 1 N–H and O–H groups in total. The number of rotatable bonds is 3. The third-order valence-corrected chi connectivity index (χ3v) is 5.55. The molecule has 1 aliphatic heterocycles. The number of hydrazone groups is 1. The molecule has 1 amide bonds. The molecule has 0 spiro atoms. The van der Waals surface area contributed by atoms with Gasteiger partial charge in [-0.3, -0.25) is 4.79 Å². The van der Waals surface area contributed by atoms with Gasteiger partial charge in [-0.1, -0.05) is 41.9 Å². The highest BCUT2D eigenvalue weighted by Crippen LogP contribution is 2.38. The summed E-state index contributed by atoms with van der Waals surface area (Å²) in [5, 5.41) is 17.0. The van der Waals surface area contributed by atoms with Crippen LogP contribution >= 0.6 is 22.9 Å². The molecular weight excluding hydrogens is 382 g/mol. The molecule has 0 unspecified atom stereocenters. The van der Waals surface area contributed by atoms with Gasteiger partial charge in [0.25, 0.3) is 5.91 Å². The van der Waals surface area contributed by atoms with Crippen LogP contribution in [-0.4, -0.2) is 26.7 Å². The van der Waals surface area contributed by atoms with Crippen LogP contribution in [-0.2, 0) is 0 Å². The van der Waals surface area contributed by atoms with Crippen molar-refractivity contribution in [2.45, 2.75) is 19.4 Å². The van der Waals surface area contributed by atoms with Crippen LogP contribution in [0.3, 0.4) is 0 Å². The molecule has 27 heavy (non-hydrogen) atoms. The smallest absolute Gasteiger partial charge is 0.294 e. The molecule has 136 valence electrons. The number of halogens is 1. The summed E-state index contributed by atoms with van der Waals surface area (Å²) in [6.45, 7) is 1.86. The molecule has 4 rings (SSSR count). The van der Waals surface area contributed by atoms with Crippen LogP contribution in [0.25, 0.3) is 0 Å². The van der Waals surface area contributed by atoms with Crippen LogP contribution in [0.2, 0.25) is 5.02 Å². The largest absolute Gasteiger partial charge is 0.508 e. The lowest BCUT2D eigenvalue weighted by molar-refractivity contribution is 0.0703. The van der Waals surface area contributed by atoms with Gasteiger partial charge in [-0.15, -0.1) is 11.3 Å². The van der Waals surface area contributed by atoms with Crippen molar-refractivity contribution in [1.29, 1.82) is 0 Å². The molecule has 3 aromatic rings. The number of hydrogen-bond donors (Lipinski definition) is 1. The Morgan fingerprint density at radius 2 is 1.96 bits per heavy atom. The molecule has 0 aliphatic carbocycles. The Labute approximate surface area is 165 Å². The average Bonchev–Trinajstić information content (AvgIpc) is 3.29. The number of aryl methyl sites for hydroxylation is 1. The third kappa shape index (κ3) is 3.34. The van der Waals surface area contributed by atoms with Gasteiger partial charge in [-0.05, 0) is 30.7 Å². The molecule has 1 aliphatic rings. The minimum atomic E-state index is -0.398. The Balaban J connectivity index is 1.76. The van der Waals surface area contributed by atoms with Crippen molar-refractivity contribution in [3.05, 3.63) is 80.8 Å². The van der Waals surface area contributed by atoms with Crippen LogP contribution < -0.4 is 0 Å². The summed E-state index contributed by atoms with van der Waals surface area (Å²) in [6, 6.07) is 14.0. The van der Waals surface area contributed by atoms with Gasteiger partial charge in [0.05, 0.1) is 17.3 Å². The fourth-order valence-electron chi connectivity index (χ4n) is 3.15. The highest BCUT2D eigenvalue weighted by atomic mass is 35.5. The molecule has 0 bridgehead atoms. The van der Waals surface area contributed by atoms with Crippen LogP contribution in [0.1, 0.15) is 39.0 Å². The summed E-state index contributed by atoms with van der Waals surface area (Å²) in [7, 11) is 0. The van der Waals surface area contributed by atoms with Crippen LogP contribution in [0.15, 0.2) is 59.1 Å². The molecule has 0 fully saturated rings. The topological polar surface area (TPSA) is 65.8 Å². The predicted octanol–water partition coefficient (Wildman–Crippen LogP) is 4.80. The monoisotopic (exact) mass is 397 g/mol. The maximum atomic E-state index is 13.1. The molecular formula is C20H16ClN3O2S. The van der Waals surface area contributed by atoms with Gasteiger partial charge in [-0.2, -0.15) is 5.10 Å². The SMILES string of the molecule is Cc1scnc1C(=O)N1N=C(c2ccc(Cl)cc2)C[C@H]1c1ccccc1O. The van der Waals surface area contributed by atoms with E-state index in [9.17, 15) is 9.90 Å². The van der Waals surface area contributed by atoms with Gasteiger partial charge in [0, 0.05) is 21.9 Å². The quantitative estimate of drug-likeness (QED) is 0.690. The number of aromatic nitrogens is 1. The number of amides is 1. The summed E-state index contributed by atoms with van der Waals surface area (Å²) in [6.07, 6.45) is 0.494. The zero-order valence-electron chi connectivity index (χ0n) is 14.5. The Kier molecular flexibility index (Phi) is 4.68. The number of hydrogen-bond acceptors (Lipinski definition) is 5. The molecule has 0 radical (unpaired) electrons. The van der Waals surface area contributed by atoms with Crippen LogP contribution in [0.5, 0.6) is 5.75 Å². The first kappa shape index (κ1) is 17.7. The van der Waals surface area contributed by atoms with Crippen molar-refractivity contribution in [3.63, 3.8) is 0 Å². The van der Waals surface area contributed by atoms with Gasteiger partial charge in [0.2, 0.25) is 0 Å². The summed E-state index contributed by atoms with van der Waals surface area (Å²) in [5.74, 6) is -0.131. The first-order chi connectivity index (χ1) is 13.0. The summed E-state index contributed by atoms with van der Waals surface area (Å²) in [4.78, 5) is 18.2.